The summed E-state index contributed by atoms with van der Waals surface area (Å²) in [4.78, 5) is 36.0. The van der Waals surface area contributed by atoms with Crippen LogP contribution in [0.5, 0.6) is 0 Å². The lowest BCUT2D eigenvalue weighted by atomic mass is 9.99. The molecule has 3 rings (SSSR count). The van der Waals surface area contributed by atoms with Crippen LogP contribution in [-0.4, -0.2) is 20.9 Å². The first-order valence-electron chi connectivity index (χ1n) is 9.38. The average molecular weight is 376 g/mol. The summed E-state index contributed by atoms with van der Waals surface area (Å²) in [6.45, 7) is 3.99. The number of amides is 1. The number of pyridine rings is 1. The van der Waals surface area contributed by atoms with Crippen LogP contribution < -0.4 is 10.9 Å². The normalized spacial score (nSPS) is 12.0. The molecule has 1 unspecified atom stereocenters. The van der Waals surface area contributed by atoms with Gasteiger partial charge in [0.15, 0.2) is 0 Å². The molecular formula is C22H24N4O2. The highest BCUT2D eigenvalue weighted by atomic mass is 16.1. The van der Waals surface area contributed by atoms with Gasteiger partial charge in [-0.2, -0.15) is 0 Å². The van der Waals surface area contributed by atoms with E-state index in [2.05, 4.69) is 20.3 Å². The van der Waals surface area contributed by atoms with Gasteiger partial charge in [0, 0.05) is 30.4 Å². The van der Waals surface area contributed by atoms with Gasteiger partial charge in [-0.1, -0.05) is 44.2 Å². The molecule has 144 valence electrons. The quantitative estimate of drug-likeness (QED) is 0.662. The van der Waals surface area contributed by atoms with Crippen molar-refractivity contribution in [3.05, 3.63) is 82.5 Å². The van der Waals surface area contributed by atoms with E-state index in [-0.39, 0.29) is 23.4 Å². The minimum absolute atomic E-state index is 0.0601. The monoisotopic (exact) mass is 376 g/mol. The van der Waals surface area contributed by atoms with Crippen molar-refractivity contribution in [3.63, 3.8) is 0 Å². The predicted octanol–water partition coefficient (Wildman–Crippen LogP) is 3.28. The standard InChI is InChI=1S/C22H24N4O2/c1-15(2)21(25-19(27)9-8-16-6-4-3-5-7-16)18-14-20(28)26-22(24-18)17-10-12-23-13-11-17/h3-7,10-15,21H,8-9H2,1-2H3,(H,25,27)(H,24,26,28). The van der Waals surface area contributed by atoms with E-state index < -0.39 is 0 Å². The molecule has 2 aromatic heterocycles. The molecule has 2 N–H and O–H groups in total. The summed E-state index contributed by atoms with van der Waals surface area (Å²) in [7, 11) is 0. The Labute approximate surface area is 164 Å². The van der Waals surface area contributed by atoms with Gasteiger partial charge in [0.2, 0.25) is 5.91 Å². The molecule has 0 radical (unpaired) electrons. The number of H-pyrrole nitrogens is 1. The van der Waals surface area contributed by atoms with Crippen LogP contribution in [-0.2, 0) is 11.2 Å². The number of hydrogen-bond acceptors (Lipinski definition) is 4. The zero-order chi connectivity index (χ0) is 19.9. The zero-order valence-electron chi connectivity index (χ0n) is 16.1. The number of aryl methyl sites for hydroxylation is 1. The lowest BCUT2D eigenvalue weighted by molar-refractivity contribution is -0.122. The lowest BCUT2D eigenvalue weighted by Crippen LogP contribution is -2.33. The molecule has 0 aliphatic heterocycles. The molecule has 6 heteroatoms. The maximum absolute atomic E-state index is 12.5. The molecule has 0 saturated carbocycles. The molecular weight excluding hydrogens is 352 g/mol. The first-order chi connectivity index (χ1) is 13.5. The Balaban J connectivity index is 1.77. The number of carbonyl (C=O) groups is 1. The van der Waals surface area contributed by atoms with Crippen LogP contribution in [0.2, 0.25) is 0 Å². The van der Waals surface area contributed by atoms with Gasteiger partial charge in [-0.25, -0.2) is 4.98 Å². The van der Waals surface area contributed by atoms with Crippen molar-refractivity contribution in [1.29, 1.82) is 0 Å². The van der Waals surface area contributed by atoms with Crippen LogP contribution in [0, 0.1) is 5.92 Å². The highest BCUT2D eigenvalue weighted by molar-refractivity contribution is 5.76. The first kappa shape index (κ1) is 19.5. The fourth-order valence-electron chi connectivity index (χ4n) is 3.01. The molecule has 1 atom stereocenters. The van der Waals surface area contributed by atoms with Gasteiger partial charge in [0.1, 0.15) is 5.82 Å². The Hall–Kier alpha value is -3.28. The fourth-order valence-corrected chi connectivity index (χ4v) is 3.01. The molecule has 0 aliphatic carbocycles. The molecule has 6 nitrogen and oxygen atoms in total. The third-order valence-electron chi connectivity index (χ3n) is 4.50. The van der Waals surface area contributed by atoms with E-state index in [1.165, 1.54) is 6.07 Å². The molecule has 0 spiro atoms. The van der Waals surface area contributed by atoms with E-state index in [0.29, 0.717) is 24.4 Å². The van der Waals surface area contributed by atoms with E-state index in [4.69, 9.17) is 0 Å². The van der Waals surface area contributed by atoms with Crippen LogP contribution in [0.15, 0.2) is 65.7 Å². The Morgan fingerprint density at radius 3 is 2.50 bits per heavy atom. The van der Waals surface area contributed by atoms with E-state index >= 15 is 0 Å². The molecule has 0 bridgehead atoms. The van der Waals surface area contributed by atoms with Gasteiger partial charge in [-0.05, 0) is 30.0 Å². The number of nitrogens with one attached hydrogen (secondary N) is 2. The van der Waals surface area contributed by atoms with Crippen molar-refractivity contribution < 1.29 is 4.79 Å². The van der Waals surface area contributed by atoms with Crippen LogP contribution in [0.25, 0.3) is 11.4 Å². The SMILES string of the molecule is CC(C)C(NC(=O)CCc1ccccc1)c1cc(=O)[nH]c(-c2ccncc2)n1. The lowest BCUT2D eigenvalue weighted by Gasteiger charge is -2.22. The van der Waals surface area contributed by atoms with E-state index in [0.717, 1.165) is 11.1 Å². The smallest absolute Gasteiger partial charge is 0.251 e. The minimum Gasteiger partial charge on any atom is -0.347 e. The highest BCUT2D eigenvalue weighted by Gasteiger charge is 2.21. The van der Waals surface area contributed by atoms with E-state index in [1.54, 1.807) is 24.5 Å². The van der Waals surface area contributed by atoms with E-state index in [9.17, 15) is 9.59 Å². The van der Waals surface area contributed by atoms with Crippen molar-refractivity contribution >= 4 is 5.91 Å². The number of nitrogens with zero attached hydrogens (tertiary/aromatic N) is 2. The number of hydrogen-bond donors (Lipinski definition) is 2. The van der Waals surface area contributed by atoms with Crippen molar-refractivity contribution in [2.75, 3.05) is 0 Å². The second-order valence-electron chi connectivity index (χ2n) is 7.03. The van der Waals surface area contributed by atoms with Crippen LogP contribution in [0.3, 0.4) is 0 Å². The summed E-state index contributed by atoms with van der Waals surface area (Å²) >= 11 is 0. The summed E-state index contributed by atoms with van der Waals surface area (Å²) in [5.74, 6) is 0.490. The molecule has 28 heavy (non-hydrogen) atoms. The van der Waals surface area contributed by atoms with Crippen LogP contribution in [0.1, 0.15) is 37.6 Å². The Morgan fingerprint density at radius 1 is 1.11 bits per heavy atom. The number of aromatic amines is 1. The summed E-state index contributed by atoms with van der Waals surface area (Å²) in [6.07, 6.45) is 4.34. The van der Waals surface area contributed by atoms with Gasteiger partial charge in [0.05, 0.1) is 11.7 Å². The number of carbonyl (C=O) groups excluding carboxylic acids is 1. The fraction of sp³-hybridized carbons (Fsp3) is 0.273. The van der Waals surface area contributed by atoms with Gasteiger partial charge in [-0.3, -0.25) is 14.6 Å². The largest absolute Gasteiger partial charge is 0.347 e. The first-order valence-corrected chi connectivity index (χ1v) is 9.38. The summed E-state index contributed by atoms with van der Waals surface area (Å²) < 4.78 is 0. The Kier molecular flexibility index (Phi) is 6.32. The summed E-state index contributed by atoms with van der Waals surface area (Å²) in [5, 5.41) is 3.04. The molecule has 2 heterocycles. The average Bonchev–Trinajstić information content (AvgIpc) is 2.71. The summed E-state index contributed by atoms with van der Waals surface area (Å²) in [5.41, 5.74) is 2.19. The zero-order valence-corrected chi connectivity index (χ0v) is 16.1. The summed E-state index contributed by atoms with van der Waals surface area (Å²) in [6, 6.07) is 14.6. The van der Waals surface area contributed by atoms with Gasteiger partial charge < -0.3 is 10.3 Å². The number of aromatic nitrogens is 3. The molecule has 1 aromatic carbocycles. The van der Waals surface area contributed by atoms with Gasteiger partial charge >= 0.3 is 0 Å². The predicted molar refractivity (Wildman–Crippen MR) is 109 cm³/mol. The molecule has 1 amide bonds. The second-order valence-corrected chi connectivity index (χ2v) is 7.03. The molecule has 0 aliphatic rings. The van der Waals surface area contributed by atoms with Crippen LogP contribution in [0.4, 0.5) is 0 Å². The Morgan fingerprint density at radius 2 is 1.82 bits per heavy atom. The van der Waals surface area contributed by atoms with Gasteiger partial charge in [-0.15, -0.1) is 0 Å². The van der Waals surface area contributed by atoms with Crippen molar-refractivity contribution in [3.8, 4) is 11.4 Å². The third kappa shape index (κ3) is 5.13. The van der Waals surface area contributed by atoms with Gasteiger partial charge in [0.25, 0.3) is 5.56 Å². The molecule has 0 saturated heterocycles. The highest BCUT2D eigenvalue weighted by Crippen LogP contribution is 2.21. The Bertz CT molecular complexity index is 969. The maximum Gasteiger partial charge on any atom is 0.251 e. The third-order valence-corrected chi connectivity index (χ3v) is 4.50. The second kappa shape index (κ2) is 9.08. The number of rotatable bonds is 7. The van der Waals surface area contributed by atoms with Crippen molar-refractivity contribution in [1.82, 2.24) is 20.3 Å². The molecule has 3 aromatic rings. The van der Waals surface area contributed by atoms with Crippen molar-refractivity contribution in [2.45, 2.75) is 32.7 Å². The maximum atomic E-state index is 12.5. The topological polar surface area (TPSA) is 87.7 Å². The molecule has 0 fully saturated rings. The number of benzene rings is 1. The van der Waals surface area contributed by atoms with Crippen LogP contribution >= 0.6 is 0 Å². The van der Waals surface area contributed by atoms with E-state index in [1.807, 2.05) is 44.2 Å². The minimum atomic E-state index is -0.342. The van der Waals surface area contributed by atoms with Crippen molar-refractivity contribution in [2.24, 2.45) is 5.92 Å².